The molecule has 1 amide bonds. The minimum atomic E-state index is 0.158. The van der Waals surface area contributed by atoms with Crippen LogP contribution in [0.5, 0.6) is 0 Å². The van der Waals surface area contributed by atoms with Crippen LogP contribution in [0.25, 0.3) is 11.1 Å². The molecule has 0 aliphatic heterocycles. The van der Waals surface area contributed by atoms with Gasteiger partial charge in [0.15, 0.2) is 0 Å². The summed E-state index contributed by atoms with van der Waals surface area (Å²) in [6.45, 7) is 2.67. The molecule has 0 unspecified atom stereocenters. The molecular formula is C17H18INOSe. The van der Waals surface area contributed by atoms with Crippen LogP contribution in [0.2, 0.25) is 5.32 Å². The Balaban J connectivity index is 2.11. The van der Waals surface area contributed by atoms with Gasteiger partial charge in [-0.15, -0.1) is 0 Å². The van der Waals surface area contributed by atoms with Crippen molar-refractivity contribution in [1.82, 2.24) is 5.32 Å². The number of halogens is 1. The Bertz CT molecular complexity index is 615. The van der Waals surface area contributed by atoms with Crippen molar-refractivity contribution in [3.05, 3.63) is 52.1 Å². The van der Waals surface area contributed by atoms with Crippen molar-refractivity contribution in [2.24, 2.45) is 0 Å². The van der Waals surface area contributed by atoms with Crippen LogP contribution < -0.4 is 9.78 Å². The number of carbonyl (C=O) groups excluding carboxylic acids is 1. The van der Waals surface area contributed by atoms with E-state index < -0.39 is 0 Å². The molecule has 110 valence electrons. The van der Waals surface area contributed by atoms with Gasteiger partial charge in [-0.3, -0.25) is 0 Å². The van der Waals surface area contributed by atoms with E-state index in [0.717, 1.165) is 5.32 Å². The molecule has 2 rings (SSSR count). The summed E-state index contributed by atoms with van der Waals surface area (Å²) in [5.74, 6) is 0.158. The van der Waals surface area contributed by atoms with Crippen molar-refractivity contribution in [2.75, 3.05) is 6.54 Å². The van der Waals surface area contributed by atoms with Gasteiger partial charge in [-0.25, -0.2) is 0 Å². The number of hydrogen-bond donors (Lipinski definition) is 1. The minimum absolute atomic E-state index is 0.158. The van der Waals surface area contributed by atoms with E-state index in [9.17, 15) is 4.79 Å². The zero-order valence-corrected chi connectivity index (χ0v) is 15.8. The third-order valence-electron chi connectivity index (χ3n) is 3.01. The van der Waals surface area contributed by atoms with Crippen LogP contribution in [-0.4, -0.2) is 27.4 Å². The van der Waals surface area contributed by atoms with Gasteiger partial charge in [0.2, 0.25) is 0 Å². The van der Waals surface area contributed by atoms with Crippen molar-refractivity contribution < 1.29 is 4.79 Å². The molecule has 2 aromatic carbocycles. The van der Waals surface area contributed by atoms with Crippen LogP contribution in [0.15, 0.2) is 48.5 Å². The molecule has 0 heterocycles. The number of carbonyl (C=O) groups is 1. The van der Waals surface area contributed by atoms with E-state index in [1.165, 1.54) is 19.2 Å². The Hall–Kier alpha value is -0.841. The van der Waals surface area contributed by atoms with Gasteiger partial charge in [-0.2, -0.15) is 0 Å². The van der Waals surface area contributed by atoms with Crippen LogP contribution in [0.4, 0.5) is 0 Å². The van der Waals surface area contributed by atoms with Crippen LogP contribution in [-0.2, 0) is 4.79 Å². The molecular weight excluding hydrogens is 440 g/mol. The molecule has 2 aromatic rings. The predicted molar refractivity (Wildman–Crippen MR) is 98.1 cm³/mol. The number of amides is 1. The van der Waals surface area contributed by atoms with E-state index in [2.05, 4.69) is 76.4 Å². The maximum atomic E-state index is 11.5. The van der Waals surface area contributed by atoms with Crippen LogP contribution in [0.1, 0.15) is 13.3 Å². The molecule has 2 nitrogen and oxygen atoms in total. The van der Waals surface area contributed by atoms with E-state index in [1.54, 1.807) is 0 Å². The molecule has 4 heteroatoms. The van der Waals surface area contributed by atoms with E-state index in [4.69, 9.17) is 0 Å². The van der Waals surface area contributed by atoms with Gasteiger partial charge in [0.25, 0.3) is 0 Å². The van der Waals surface area contributed by atoms with E-state index in [-0.39, 0.29) is 5.91 Å². The van der Waals surface area contributed by atoms with E-state index in [0.29, 0.717) is 27.9 Å². The summed E-state index contributed by atoms with van der Waals surface area (Å²) >= 11 is 2.70. The van der Waals surface area contributed by atoms with Crippen LogP contribution >= 0.6 is 22.6 Å². The van der Waals surface area contributed by atoms with Crippen molar-refractivity contribution in [3.63, 3.8) is 0 Å². The normalized spacial score (nSPS) is 10.4. The standard InChI is InChI=1S/C17H18INOSe/c1-2-19-17(20)11-12-21-16-10-6-4-8-14(16)13-7-3-5-9-15(13)18/h3-10H,2,11-12H2,1H3,(H,19,20). The number of nitrogens with one attached hydrogen (secondary N) is 1. The van der Waals surface area contributed by atoms with Crippen LogP contribution in [0, 0.1) is 3.57 Å². The second-order valence-corrected chi connectivity index (χ2v) is 8.08. The zero-order valence-electron chi connectivity index (χ0n) is 11.9. The quantitative estimate of drug-likeness (QED) is 0.523. The summed E-state index contributed by atoms with van der Waals surface area (Å²) in [6, 6.07) is 17.0. The summed E-state index contributed by atoms with van der Waals surface area (Å²) in [4.78, 5) is 11.5. The average Bonchev–Trinajstić information content (AvgIpc) is 2.49. The summed E-state index contributed by atoms with van der Waals surface area (Å²) in [6.07, 6.45) is 0.619. The first kappa shape index (κ1) is 16.5. The Morgan fingerprint density at radius 3 is 2.48 bits per heavy atom. The molecule has 0 aliphatic rings. The molecule has 0 spiro atoms. The Morgan fingerprint density at radius 1 is 1.10 bits per heavy atom. The second-order valence-electron chi connectivity index (χ2n) is 4.53. The van der Waals surface area contributed by atoms with Crippen molar-refractivity contribution >= 4 is 47.9 Å². The Morgan fingerprint density at radius 2 is 1.76 bits per heavy atom. The third-order valence-corrected chi connectivity index (χ3v) is 6.21. The first-order chi connectivity index (χ1) is 10.2. The molecule has 0 radical (unpaired) electrons. The predicted octanol–water partition coefficient (Wildman–Crippen LogP) is 3.23. The topological polar surface area (TPSA) is 29.1 Å². The summed E-state index contributed by atoms with van der Waals surface area (Å²) < 4.78 is 2.64. The van der Waals surface area contributed by atoms with E-state index >= 15 is 0 Å². The average molecular weight is 458 g/mol. The fraction of sp³-hybridized carbons (Fsp3) is 0.235. The summed E-state index contributed by atoms with van der Waals surface area (Å²) in [5.41, 5.74) is 2.59. The van der Waals surface area contributed by atoms with Gasteiger partial charge in [-0.1, -0.05) is 0 Å². The molecule has 0 fully saturated rings. The van der Waals surface area contributed by atoms with Gasteiger partial charge >= 0.3 is 146 Å². The molecule has 0 saturated carbocycles. The molecule has 1 N–H and O–H groups in total. The summed E-state index contributed by atoms with van der Waals surface area (Å²) in [7, 11) is 0. The van der Waals surface area contributed by atoms with Gasteiger partial charge in [0.05, 0.1) is 0 Å². The fourth-order valence-corrected chi connectivity index (χ4v) is 4.84. The Labute approximate surface area is 146 Å². The number of hydrogen-bond acceptors (Lipinski definition) is 1. The maximum absolute atomic E-state index is 11.5. The number of rotatable bonds is 6. The van der Waals surface area contributed by atoms with Crippen LogP contribution in [0.3, 0.4) is 0 Å². The monoisotopic (exact) mass is 459 g/mol. The molecule has 0 saturated heterocycles. The third kappa shape index (κ3) is 4.83. The Kier molecular flexibility index (Phi) is 6.74. The molecule has 0 aliphatic carbocycles. The van der Waals surface area contributed by atoms with Gasteiger partial charge in [0.1, 0.15) is 0 Å². The van der Waals surface area contributed by atoms with Gasteiger partial charge < -0.3 is 0 Å². The van der Waals surface area contributed by atoms with Gasteiger partial charge in [0, 0.05) is 0 Å². The van der Waals surface area contributed by atoms with E-state index in [1.807, 2.05) is 6.92 Å². The first-order valence-corrected chi connectivity index (χ1v) is 10.1. The zero-order chi connectivity index (χ0) is 15.1. The van der Waals surface area contributed by atoms with Crippen molar-refractivity contribution in [1.29, 1.82) is 0 Å². The summed E-state index contributed by atoms with van der Waals surface area (Å²) in [5, 5.41) is 3.80. The molecule has 0 bridgehead atoms. The number of benzene rings is 2. The molecule has 0 aromatic heterocycles. The van der Waals surface area contributed by atoms with Crippen molar-refractivity contribution in [2.45, 2.75) is 18.7 Å². The second kappa shape index (κ2) is 8.57. The van der Waals surface area contributed by atoms with Crippen molar-refractivity contribution in [3.8, 4) is 11.1 Å². The van der Waals surface area contributed by atoms with Gasteiger partial charge in [-0.05, 0) is 0 Å². The molecule has 21 heavy (non-hydrogen) atoms. The first-order valence-electron chi connectivity index (χ1n) is 6.95. The molecule has 0 atom stereocenters. The SMILES string of the molecule is CCNC(=O)CC[Se]c1ccccc1-c1ccccc1I. The fourth-order valence-electron chi connectivity index (χ4n) is 2.03.